The van der Waals surface area contributed by atoms with Crippen LogP contribution in [0.5, 0.6) is 0 Å². The van der Waals surface area contributed by atoms with Gasteiger partial charge in [-0.2, -0.15) is 0 Å². The van der Waals surface area contributed by atoms with E-state index in [1.165, 1.54) is 32.2 Å². The van der Waals surface area contributed by atoms with Gasteiger partial charge in [-0.25, -0.2) is 0 Å². The molecular formula is C17H36N2O. The average molecular weight is 284 g/mol. The summed E-state index contributed by atoms with van der Waals surface area (Å²) in [6.45, 7) is 15.1. The van der Waals surface area contributed by atoms with E-state index in [1.807, 2.05) is 0 Å². The number of rotatable bonds is 7. The van der Waals surface area contributed by atoms with Crippen LogP contribution >= 0.6 is 0 Å². The largest absolute Gasteiger partial charge is 0.396 e. The number of piperidine rings is 1. The van der Waals surface area contributed by atoms with Crippen molar-refractivity contribution in [2.75, 3.05) is 26.2 Å². The van der Waals surface area contributed by atoms with E-state index in [0.717, 1.165) is 19.5 Å². The van der Waals surface area contributed by atoms with Crippen LogP contribution in [0, 0.1) is 5.41 Å². The number of hydrogen-bond donors (Lipinski definition) is 2. The fourth-order valence-corrected chi connectivity index (χ4v) is 3.01. The summed E-state index contributed by atoms with van der Waals surface area (Å²) in [7, 11) is 0. The minimum absolute atomic E-state index is 0.183. The van der Waals surface area contributed by atoms with Crippen molar-refractivity contribution in [2.45, 2.75) is 78.3 Å². The zero-order valence-electron chi connectivity index (χ0n) is 14.3. The van der Waals surface area contributed by atoms with Crippen LogP contribution in [-0.2, 0) is 0 Å². The molecule has 0 saturated carbocycles. The lowest BCUT2D eigenvalue weighted by molar-refractivity contribution is 0.0672. The SMILES string of the molecule is CCC(C)(CNC(C)(C)C)CN1CCCCC1CCO. The summed E-state index contributed by atoms with van der Waals surface area (Å²) in [5, 5.41) is 12.9. The molecule has 20 heavy (non-hydrogen) atoms. The van der Waals surface area contributed by atoms with Crippen LogP contribution in [-0.4, -0.2) is 47.8 Å². The topological polar surface area (TPSA) is 35.5 Å². The Hall–Kier alpha value is -0.120. The summed E-state index contributed by atoms with van der Waals surface area (Å²) < 4.78 is 0. The zero-order chi connectivity index (χ0) is 15.2. The lowest BCUT2D eigenvalue weighted by Crippen LogP contribution is -2.50. The summed E-state index contributed by atoms with van der Waals surface area (Å²) in [6.07, 6.45) is 6.02. The first kappa shape index (κ1) is 17.9. The average Bonchev–Trinajstić information content (AvgIpc) is 2.38. The predicted octanol–water partition coefficient (Wildman–Crippen LogP) is 3.03. The van der Waals surface area contributed by atoms with Crippen LogP contribution in [0.4, 0.5) is 0 Å². The summed E-state index contributed by atoms with van der Waals surface area (Å²) >= 11 is 0. The molecule has 0 aromatic carbocycles. The van der Waals surface area contributed by atoms with Gasteiger partial charge in [0.1, 0.15) is 0 Å². The van der Waals surface area contributed by atoms with E-state index in [2.05, 4.69) is 44.8 Å². The maximum Gasteiger partial charge on any atom is 0.0445 e. The highest BCUT2D eigenvalue weighted by Gasteiger charge is 2.31. The fraction of sp³-hybridized carbons (Fsp3) is 1.00. The molecule has 120 valence electrons. The number of aliphatic hydroxyl groups is 1. The van der Waals surface area contributed by atoms with E-state index < -0.39 is 0 Å². The third kappa shape index (κ3) is 6.11. The van der Waals surface area contributed by atoms with Crippen molar-refractivity contribution < 1.29 is 5.11 Å². The van der Waals surface area contributed by atoms with E-state index in [9.17, 15) is 5.11 Å². The molecule has 0 bridgehead atoms. The van der Waals surface area contributed by atoms with Crippen molar-refractivity contribution >= 4 is 0 Å². The molecule has 0 radical (unpaired) electrons. The molecule has 2 N–H and O–H groups in total. The quantitative estimate of drug-likeness (QED) is 0.754. The predicted molar refractivity (Wildman–Crippen MR) is 87.1 cm³/mol. The van der Waals surface area contributed by atoms with E-state index >= 15 is 0 Å². The number of aliphatic hydroxyl groups excluding tert-OH is 1. The molecule has 0 aromatic rings. The molecular weight excluding hydrogens is 248 g/mol. The van der Waals surface area contributed by atoms with E-state index in [0.29, 0.717) is 18.1 Å². The van der Waals surface area contributed by atoms with Gasteiger partial charge in [-0.1, -0.05) is 20.3 Å². The van der Waals surface area contributed by atoms with Crippen LogP contribution in [0.1, 0.15) is 66.7 Å². The molecule has 0 spiro atoms. The summed E-state index contributed by atoms with van der Waals surface area (Å²) in [6, 6.07) is 0.592. The van der Waals surface area contributed by atoms with Crippen molar-refractivity contribution in [3.05, 3.63) is 0 Å². The Balaban J connectivity index is 2.59. The summed E-state index contributed by atoms with van der Waals surface area (Å²) in [4.78, 5) is 2.63. The van der Waals surface area contributed by atoms with Crippen molar-refractivity contribution in [1.29, 1.82) is 0 Å². The zero-order valence-corrected chi connectivity index (χ0v) is 14.3. The van der Waals surface area contributed by atoms with Crippen molar-refractivity contribution in [1.82, 2.24) is 10.2 Å². The lowest BCUT2D eigenvalue weighted by atomic mass is 9.84. The second-order valence-corrected chi connectivity index (χ2v) is 7.90. The number of likely N-dealkylation sites (tertiary alicyclic amines) is 1. The van der Waals surface area contributed by atoms with Gasteiger partial charge in [0.05, 0.1) is 0 Å². The molecule has 0 aliphatic carbocycles. The Bertz CT molecular complexity index is 273. The van der Waals surface area contributed by atoms with Crippen LogP contribution < -0.4 is 5.32 Å². The molecule has 0 amide bonds. The van der Waals surface area contributed by atoms with E-state index in [4.69, 9.17) is 0 Å². The summed E-state index contributed by atoms with van der Waals surface area (Å²) in [5.41, 5.74) is 0.501. The van der Waals surface area contributed by atoms with E-state index in [-0.39, 0.29) is 5.54 Å². The summed E-state index contributed by atoms with van der Waals surface area (Å²) in [5.74, 6) is 0. The smallest absolute Gasteiger partial charge is 0.0445 e. The molecule has 1 saturated heterocycles. The first-order valence-corrected chi connectivity index (χ1v) is 8.39. The van der Waals surface area contributed by atoms with Gasteiger partial charge < -0.3 is 10.4 Å². The first-order valence-electron chi connectivity index (χ1n) is 8.39. The minimum Gasteiger partial charge on any atom is -0.396 e. The van der Waals surface area contributed by atoms with Gasteiger partial charge in [0.25, 0.3) is 0 Å². The van der Waals surface area contributed by atoms with Crippen molar-refractivity contribution in [3.8, 4) is 0 Å². The number of nitrogens with zero attached hydrogens (tertiary/aromatic N) is 1. The monoisotopic (exact) mass is 284 g/mol. The Morgan fingerprint density at radius 3 is 2.45 bits per heavy atom. The molecule has 2 unspecified atom stereocenters. The molecule has 1 aliphatic heterocycles. The lowest BCUT2D eigenvalue weighted by Gasteiger charge is -2.42. The second-order valence-electron chi connectivity index (χ2n) is 7.90. The highest BCUT2D eigenvalue weighted by atomic mass is 16.3. The molecule has 3 heteroatoms. The molecule has 1 aliphatic rings. The Labute approximate surface area is 126 Å². The van der Waals surface area contributed by atoms with Crippen molar-refractivity contribution in [2.24, 2.45) is 5.41 Å². The molecule has 1 fully saturated rings. The van der Waals surface area contributed by atoms with Crippen molar-refractivity contribution in [3.63, 3.8) is 0 Å². The maximum atomic E-state index is 9.26. The molecule has 1 rings (SSSR count). The van der Waals surface area contributed by atoms with Gasteiger partial charge in [-0.3, -0.25) is 4.90 Å². The number of nitrogens with one attached hydrogen (secondary N) is 1. The standard InChI is InChI=1S/C17H36N2O/c1-6-17(5,13-18-16(2,3)4)14-19-11-8-7-9-15(19)10-12-20/h15,18,20H,6-14H2,1-5H3. The molecule has 2 atom stereocenters. The third-order valence-electron chi connectivity index (χ3n) is 4.70. The second kappa shape index (κ2) is 7.77. The highest BCUT2D eigenvalue weighted by Crippen LogP contribution is 2.28. The molecule has 3 nitrogen and oxygen atoms in total. The van der Waals surface area contributed by atoms with Gasteiger partial charge in [0, 0.05) is 31.3 Å². The highest BCUT2D eigenvalue weighted by molar-refractivity contribution is 4.87. The third-order valence-corrected chi connectivity index (χ3v) is 4.70. The Kier molecular flexibility index (Phi) is 6.96. The molecule has 1 heterocycles. The van der Waals surface area contributed by atoms with Crippen LogP contribution in [0.25, 0.3) is 0 Å². The van der Waals surface area contributed by atoms with Gasteiger partial charge in [0.15, 0.2) is 0 Å². The molecule has 0 aromatic heterocycles. The van der Waals surface area contributed by atoms with Gasteiger partial charge >= 0.3 is 0 Å². The number of hydrogen-bond acceptors (Lipinski definition) is 3. The van der Waals surface area contributed by atoms with Gasteiger partial charge in [0.2, 0.25) is 0 Å². The van der Waals surface area contributed by atoms with Crippen LogP contribution in [0.2, 0.25) is 0 Å². The normalized spacial score (nSPS) is 24.6. The minimum atomic E-state index is 0.183. The Morgan fingerprint density at radius 1 is 1.20 bits per heavy atom. The van der Waals surface area contributed by atoms with Crippen LogP contribution in [0.3, 0.4) is 0 Å². The first-order chi connectivity index (χ1) is 9.29. The maximum absolute atomic E-state index is 9.26. The van der Waals surface area contributed by atoms with E-state index in [1.54, 1.807) is 0 Å². The Morgan fingerprint density at radius 2 is 1.90 bits per heavy atom. The fourth-order valence-electron chi connectivity index (χ4n) is 3.01. The van der Waals surface area contributed by atoms with Crippen LogP contribution in [0.15, 0.2) is 0 Å². The van der Waals surface area contributed by atoms with Gasteiger partial charge in [-0.05, 0) is 58.4 Å². The van der Waals surface area contributed by atoms with Gasteiger partial charge in [-0.15, -0.1) is 0 Å².